The van der Waals surface area contributed by atoms with Crippen molar-refractivity contribution in [3.8, 4) is 0 Å². The monoisotopic (exact) mass is 276 g/mol. The molecule has 1 aromatic carbocycles. The van der Waals surface area contributed by atoms with E-state index in [2.05, 4.69) is 34.9 Å². The maximum absolute atomic E-state index is 11.7. The van der Waals surface area contributed by atoms with Gasteiger partial charge in [-0.1, -0.05) is 36.8 Å². The highest BCUT2D eigenvalue weighted by molar-refractivity contribution is 5.73. The molecule has 1 fully saturated rings. The van der Waals surface area contributed by atoms with Crippen molar-refractivity contribution >= 4 is 6.03 Å². The standard InChI is InChI=1S/C16H24N2O2/c19-11-5-10-17-15(20)18-13-16(8-4-9-16)12-14-6-2-1-3-7-14/h1-3,6-7,19H,4-5,8-13H2,(H2,17,18,20). The van der Waals surface area contributed by atoms with E-state index in [1.54, 1.807) is 0 Å². The Kier molecular flexibility index (Phi) is 5.41. The van der Waals surface area contributed by atoms with Crippen LogP contribution in [0.2, 0.25) is 0 Å². The van der Waals surface area contributed by atoms with Crippen LogP contribution in [0.4, 0.5) is 4.79 Å². The first-order valence-electron chi connectivity index (χ1n) is 7.41. The summed E-state index contributed by atoms with van der Waals surface area (Å²) in [4.78, 5) is 11.7. The Bertz CT molecular complexity index is 416. The second-order valence-electron chi connectivity index (χ2n) is 5.70. The van der Waals surface area contributed by atoms with Gasteiger partial charge in [-0.2, -0.15) is 0 Å². The van der Waals surface area contributed by atoms with Gasteiger partial charge in [0.1, 0.15) is 0 Å². The fourth-order valence-electron chi connectivity index (χ4n) is 2.73. The van der Waals surface area contributed by atoms with E-state index in [9.17, 15) is 4.79 Å². The van der Waals surface area contributed by atoms with Gasteiger partial charge in [0.05, 0.1) is 0 Å². The van der Waals surface area contributed by atoms with Gasteiger partial charge in [-0.05, 0) is 36.7 Å². The first kappa shape index (κ1) is 14.9. The summed E-state index contributed by atoms with van der Waals surface area (Å²) in [5, 5.41) is 14.4. The van der Waals surface area contributed by atoms with Crippen LogP contribution in [0, 0.1) is 5.41 Å². The van der Waals surface area contributed by atoms with Crippen LogP contribution in [-0.4, -0.2) is 30.8 Å². The van der Waals surface area contributed by atoms with Crippen LogP contribution in [0.15, 0.2) is 30.3 Å². The van der Waals surface area contributed by atoms with Crippen molar-refractivity contribution in [1.29, 1.82) is 0 Å². The Labute approximate surface area is 120 Å². The fraction of sp³-hybridized carbons (Fsp3) is 0.562. The van der Waals surface area contributed by atoms with Gasteiger partial charge in [0.25, 0.3) is 0 Å². The third kappa shape index (κ3) is 4.23. The zero-order chi connectivity index (χ0) is 14.3. The Hall–Kier alpha value is -1.55. The number of aliphatic hydroxyl groups is 1. The number of aliphatic hydroxyl groups excluding tert-OH is 1. The van der Waals surface area contributed by atoms with Crippen molar-refractivity contribution < 1.29 is 9.90 Å². The molecule has 20 heavy (non-hydrogen) atoms. The smallest absolute Gasteiger partial charge is 0.314 e. The molecule has 0 spiro atoms. The zero-order valence-corrected chi connectivity index (χ0v) is 11.9. The molecular weight excluding hydrogens is 252 g/mol. The van der Waals surface area contributed by atoms with E-state index in [0.29, 0.717) is 13.0 Å². The summed E-state index contributed by atoms with van der Waals surface area (Å²) < 4.78 is 0. The summed E-state index contributed by atoms with van der Waals surface area (Å²) in [5.74, 6) is 0. The van der Waals surface area contributed by atoms with E-state index in [1.165, 1.54) is 24.8 Å². The molecule has 0 heterocycles. The lowest BCUT2D eigenvalue weighted by Gasteiger charge is -2.42. The lowest BCUT2D eigenvalue weighted by molar-refractivity contribution is 0.131. The molecule has 0 unspecified atom stereocenters. The minimum Gasteiger partial charge on any atom is -0.396 e. The van der Waals surface area contributed by atoms with Crippen molar-refractivity contribution in [2.45, 2.75) is 32.1 Å². The quantitative estimate of drug-likeness (QED) is 0.668. The predicted octanol–water partition coefficient (Wildman–Crippen LogP) is 2.08. The lowest BCUT2D eigenvalue weighted by Crippen LogP contribution is -2.46. The van der Waals surface area contributed by atoms with Gasteiger partial charge in [0.15, 0.2) is 0 Å². The highest BCUT2D eigenvalue weighted by Gasteiger charge is 2.37. The maximum atomic E-state index is 11.7. The normalized spacial score (nSPS) is 16.2. The second kappa shape index (κ2) is 7.29. The number of benzene rings is 1. The predicted molar refractivity (Wildman–Crippen MR) is 79.5 cm³/mol. The summed E-state index contributed by atoms with van der Waals surface area (Å²) in [6, 6.07) is 10.3. The molecule has 1 aliphatic carbocycles. The molecule has 0 bridgehead atoms. The molecule has 0 aliphatic heterocycles. The Balaban J connectivity index is 1.78. The second-order valence-corrected chi connectivity index (χ2v) is 5.70. The number of amides is 2. The number of rotatable bonds is 7. The molecule has 4 nitrogen and oxygen atoms in total. The van der Waals surface area contributed by atoms with Crippen molar-refractivity contribution in [2.24, 2.45) is 5.41 Å². The van der Waals surface area contributed by atoms with Crippen molar-refractivity contribution in [3.05, 3.63) is 35.9 Å². The van der Waals surface area contributed by atoms with Gasteiger partial charge >= 0.3 is 6.03 Å². The Morgan fingerprint density at radius 3 is 2.55 bits per heavy atom. The molecule has 0 aromatic heterocycles. The number of carbonyl (C=O) groups is 1. The summed E-state index contributed by atoms with van der Waals surface area (Å²) in [6.45, 7) is 1.36. The Morgan fingerprint density at radius 1 is 1.20 bits per heavy atom. The minimum absolute atomic E-state index is 0.109. The van der Waals surface area contributed by atoms with Gasteiger partial charge in [-0.15, -0.1) is 0 Å². The van der Waals surface area contributed by atoms with Crippen LogP contribution in [-0.2, 0) is 6.42 Å². The van der Waals surface area contributed by atoms with Crippen molar-refractivity contribution in [2.75, 3.05) is 19.7 Å². The molecule has 1 saturated carbocycles. The third-order valence-electron chi connectivity index (χ3n) is 4.08. The SMILES string of the molecule is O=C(NCCCO)NCC1(Cc2ccccc2)CCC1. The van der Waals surface area contributed by atoms with Gasteiger partial charge < -0.3 is 15.7 Å². The maximum Gasteiger partial charge on any atom is 0.314 e. The minimum atomic E-state index is -0.127. The van der Waals surface area contributed by atoms with E-state index < -0.39 is 0 Å². The number of hydrogen-bond acceptors (Lipinski definition) is 2. The molecule has 1 aromatic rings. The molecule has 4 heteroatoms. The Morgan fingerprint density at radius 2 is 1.95 bits per heavy atom. The zero-order valence-electron chi connectivity index (χ0n) is 11.9. The van der Waals surface area contributed by atoms with Crippen molar-refractivity contribution in [1.82, 2.24) is 10.6 Å². The number of nitrogens with one attached hydrogen (secondary N) is 2. The largest absolute Gasteiger partial charge is 0.396 e. The molecule has 2 amide bonds. The van der Waals surface area contributed by atoms with E-state index in [0.717, 1.165) is 13.0 Å². The molecule has 0 radical (unpaired) electrons. The highest BCUT2D eigenvalue weighted by atomic mass is 16.3. The molecule has 110 valence electrons. The summed E-state index contributed by atoms with van der Waals surface area (Å²) in [5.41, 5.74) is 1.57. The average Bonchev–Trinajstić information content (AvgIpc) is 2.43. The summed E-state index contributed by atoms with van der Waals surface area (Å²) in [7, 11) is 0. The number of hydrogen-bond donors (Lipinski definition) is 3. The first-order chi connectivity index (χ1) is 9.74. The van der Waals surface area contributed by atoms with E-state index in [-0.39, 0.29) is 18.1 Å². The van der Waals surface area contributed by atoms with Crippen molar-refractivity contribution in [3.63, 3.8) is 0 Å². The van der Waals surface area contributed by atoms with Crippen LogP contribution in [0.1, 0.15) is 31.2 Å². The first-order valence-corrected chi connectivity index (χ1v) is 7.41. The molecule has 3 N–H and O–H groups in total. The van der Waals surface area contributed by atoms with Crippen LogP contribution in [0.5, 0.6) is 0 Å². The van der Waals surface area contributed by atoms with E-state index >= 15 is 0 Å². The number of urea groups is 1. The van der Waals surface area contributed by atoms with Crippen LogP contribution in [0.3, 0.4) is 0 Å². The molecule has 0 atom stereocenters. The molecular formula is C16H24N2O2. The summed E-state index contributed by atoms with van der Waals surface area (Å²) in [6.07, 6.45) is 5.24. The summed E-state index contributed by atoms with van der Waals surface area (Å²) >= 11 is 0. The van der Waals surface area contributed by atoms with Crippen LogP contribution < -0.4 is 10.6 Å². The van der Waals surface area contributed by atoms with E-state index in [4.69, 9.17) is 5.11 Å². The highest BCUT2D eigenvalue weighted by Crippen LogP contribution is 2.43. The van der Waals surface area contributed by atoms with Crippen LogP contribution in [0.25, 0.3) is 0 Å². The molecule has 1 aliphatic rings. The average molecular weight is 276 g/mol. The lowest BCUT2D eigenvalue weighted by atomic mass is 9.65. The van der Waals surface area contributed by atoms with Gasteiger partial charge in [-0.25, -0.2) is 4.79 Å². The third-order valence-corrected chi connectivity index (χ3v) is 4.08. The van der Waals surface area contributed by atoms with Crippen LogP contribution >= 0.6 is 0 Å². The molecule has 0 saturated heterocycles. The fourth-order valence-corrected chi connectivity index (χ4v) is 2.73. The van der Waals surface area contributed by atoms with Gasteiger partial charge in [-0.3, -0.25) is 0 Å². The molecule has 2 rings (SSSR count). The van der Waals surface area contributed by atoms with E-state index in [1.807, 2.05) is 6.07 Å². The number of carbonyl (C=O) groups excluding carboxylic acids is 1. The van der Waals surface area contributed by atoms with Gasteiger partial charge in [0.2, 0.25) is 0 Å². The topological polar surface area (TPSA) is 61.4 Å². The van der Waals surface area contributed by atoms with Gasteiger partial charge in [0, 0.05) is 19.7 Å².